The molecule has 1 amide bonds. The Bertz CT molecular complexity index is 656. The summed E-state index contributed by atoms with van der Waals surface area (Å²) in [5.74, 6) is -0.152. The van der Waals surface area contributed by atoms with Crippen LogP contribution >= 0.6 is 0 Å². The Hall–Kier alpha value is -2.17. The molecule has 0 saturated heterocycles. The van der Waals surface area contributed by atoms with Crippen LogP contribution in [0.1, 0.15) is 102 Å². The molecule has 0 radical (unpaired) electrons. The molecule has 1 rings (SSSR count). The normalized spacial score (nSPS) is 11.1. The minimum atomic E-state index is -0.437. The summed E-state index contributed by atoms with van der Waals surface area (Å²) in [5.41, 5.74) is 0.826. The van der Waals surface area contributed by atoms with Gasteiger partial charge in [0, 0.05) is 12.0 Å². The van der Waals surface area contributed by atoms with Crippen molar-refractivity contribution in [1.82, 2.24) is 0 Å². The summed E-state index contributed by atoms with van der Waals surface area (Å²) in [6.07, 6.45) is 20.9. The molecule has 0 atom stereocenters. The van der Waals surface area contributed by atoms with Gasteiger partial charge < -0.3 is 5.32 Å². The van der Waals surface area contributed by atoms with Crippen LogP contribution in [0.5, 0.6) is 0 Å². The lowest BCUT2D eigenvalue weighted by molar-refractivity contribution is -0.384. The Morgan fingerprint density at radius 1 is 0.933 bits per heavy atom. The van der Waals surface area contributed by atoms with Crippen molar-refractivity contribution < 1.29 is 9.72 Å². The van der Waals surface area contributed by atoms with E-state index in [0.29, 0.717) is 12.0 Å². The van der Waals surface area contributed by atoms with Gasteiger partial charge in [0.15, 0.2) is 0 Å². The molecule has 0 unspecified atom stereocenters. The predicted molar refractivity (Wildman–Crippen MR) is 126 cm³/mol. The molecule has 0 aromatic heterocycles. The number of carbonyl (C=O) groups excluding carboxylic acids is 1. The summed E-state index contributed by atoms with van der Waals surface area (Å²) in [5, 5.41) is 13.9. The molecule has 0 heterocycles. The number of allylic oxidation sites excluding steroid dienone is 2. The van der Waals surface area contributed by atoms with E-state index in [1.54, 1.807) is 25.1 Å². The molecule has 0 aliphatic heterocycles. The number of aryl methyl sites for hydroxylation is 1. The minimum Gasteiger partial charge on any atom is -0.320 e. The van der Waals surface area contributed by atoms with Crippen LogP contribution in [-0.2, 0) is 4.79 Å². The number of nitro groups is 1. The van der Waals surface area contributed by atoms with E-state index in [1.165, 1.54) is 57.8 Å². The Balaban J connectivity index is 2.03. The maximum absolute atomic E-state index is 12.1. The summed E-state index contributed by atoms with van der Waals surface area (Å²) in [7, 11) is 0. The second kappa shape index (κ2) is 16.6. The van der Waals surface area contributed by atoms with Crippen LogP contribution in [-0.4, -0.2) is 10.8 Å². The first-order valence-corrected chi connectivity index (χ1v) is 11.7. The Morgan fingerprint density at radius 2 is 1.50 bits per heavy atom. The van der Waals surface area contributed by atoms with E-state index in [1.807, 2.05) is 0 Å². The molecule has 1 N–H and O–H groups in total. The Kier molecular flexibility index (Phi) is 14.3. The lowest BCUT2D eigenvalue weighted by Gasteiger charge is -2.07. The molecule has 168 valence electrons. The topological polar surface area (TPSA) is 72.2 Å². The van der Waals surface area contributed by atoms with E-state index in [2.05, 4.69) is 24.4 Å². The molecule has 1 aromatic rings. The number of para-hydroxylation sites is 1. The van der Waals surface area contributed by atoms with E-state index in [-0.39, 0.29) is 17.3 Å². The predicted octanol–water partition coefficient (Wildman–Crippen LogP) is 7.88. The fourth-order valence-electron chi connectivity index (χ4n) is 3.57. The zero-order chi connectivity index (χ0) is 22.0. The molecule has 0 aliphatic carbocycles. The quantitative estimate of drug-likeness (QED) is 0.121. The number of hydrogen-bond donors (Lipinski definition) is 1. The first-order chi connectivity index (χ1) is 14.6. The van der Waals surface area contributed by atoms with Gasteiger partial charge in [-0.05, 0) is 45.1 Å². The van der Waals surface area contributed by atoms with Crippen LogP contribution < -0.4 is 5.32 Å². The van der Waals surface area contributed by atoms with Crippen molar-refractivity contribution in [2.75, 3.05) is 5.32 Å². The van der Waals surface area contributed by atoms with E-state index in [9.17, 15) is 14.9 Å². The number of nitrogens with one attached hydrogen (secondary N) is 1. The zero-order valence-electron chi connectivity index (χ0n) is 19.0. The Labute approximate surface area is 182 Å². The fourth-order valence-corrected chi connectivity index (χ4v) is 3.57. The molecular weight excluding hydrogens is 376 g/mol. The molecule has 0 saturated carbocycles. The number of nitrogens with zero attached hydrogens (tertiary/aromatic N) is 1. The van der Waals surface area contributed by atoms with Crippen LogP contribution in [0.4, 0.5) is 11.4 Å². The first-order valence-electron chi connectivity index (χ1n) is 11.7. The second-order valence-corrected chi connectivity index (χ2v) is 8.11. The highest BCUT2D eigenvalue weighted by molar-refractivity contribution is 5.93. The molecule has 5 nitrogen and oxygen atoms in total. The molecule has 5 heteroatoms. The van der Waals surface area contributed by atoms with Gasteiger partial charge in [-0.3, -0.25) is 14.9 Å². The van der Waals surface area contributed by atoms with Crippen molar-refractivity contribution in [3.63, 3.8) is 0 Å². The maximum Gasteiger partial charge on any atom is 0.295 e. The highest BCUT2D eigenvalue weighted by Gasteiger charge is 2.18. The number of benzene rings is 1. The van der Waals surface area contributed by atoms with E-state index in [0.717, 1.165) is 25.7 Å². The fraction of sp³-hybridized carbons (Fsp3) is 0.640. The smallest absolute Gasteiger partial charge is 0.295 e. The SMILES string of the molecule is CCCCCCCC/C=C/CCCCCCCC(=O)Nc1cccc(C)c1[N+](=O)[O-]. The average Bonchev–Trinajstić information content (AvgIpc) is 2.70. The number of carbonyl (C=O) groups is 1. The summed E-state index contributed by atoms with van der Waals surface area (Å²) in [6, 6.07) is 4.99. The monoisotopic (exact) mass is 416 g/mol. The van der Waals surface area contributed by atoms with Crippen LogP contribution in [0.3, 0.4) is 0 Å². The second-order valence-electron chi connectivity index (χ2n) is 8.11. The summed E-state index contributed by atoms with van der Waals surface area (Å²) < 4.78 is 0. The third-order valence-corrected chi connectivity index (χ3v) is 5.36. The third kappa shape index (κ3) is 11.7. The van der Waals surface area contributed by atoms with Gasteiger partial charge in [0.2, 0.25) is 5.91 Å². The molecule has 30 heavy (non-hydrogen) atoms. The van der Waals surface area contributed by atoms with Gasteiger partial charge in [0.05, 0.1) is 4.92 Å². The van der Waals surface area contributed by atoms with Crippen molar-refractivity contribution in [2.24, 2.45) is 0 Å². The van der Waals surface area contributed by atoms with Crippen molar-refractivity contribution in [2.45, 2.75) is 104 Å². The van der Waals surface area contributed by atoms with Crippen LogP contribution in [0.15, 0.2) is 30.4 Å². The zero-order valence-corrected chi connectivity index (χ0v) is 19.0. The van der Waals surface area contributed by atoms with Gasteiger partial charge in [-0.1, -0.05) is 82.6 Å². The number of hydrogen-bond acceptors (Lipinski definition) is 3. The number of rotatable bonds is 17. The van der Waals surface area contributed by atoms with E-state index < -0.39 is 4.92 Å². The average molecular weight is 417 g/mol. The number of unbranched alkanes of at least 4 members (excludes halogenated alkanes) is 11. The Morgan fingerprint density at radius 3 is 2.10 bits per heavy atom. The number of nitro benzene ring substituents is 1. The number of anilines is 1. The van der Waals surface area contributed by atoms with Crippen LogP contribution in [0.2, 0.25) is 0 Å². The van der Waals surface area contributed by atoms with E-state index >= 15 is 0 Å². The number of amides is 1. The van der Waals surface area contributed by atoms with Gasteiger partial charge >= 0.3 is 0 Å². The lowest BCUT2D eigenvalue weighted by Crippen LogP contribution is -2.12. The highest BCUT2D eigenvalue weighted by Crippen LogP contribution is 2.28. The summed E-state index contributed by atoms with van der Waals surface area (Å²) in [6.45, 7) is 3.93. The van der Waals surface area contributed by atoms with Crippen molar-refractivity contribution in [3.8, 4) is 0 Å². The molecule has 0 aliphatic rings. The molecule has 0 fully saturated rings. The minimum absolute atomic E-state index is 0.0182. The van der Waals surface area contributed by atoms with Gasteiger partial charge in [-0.25, -0.2) is 0 Å². The molecule has 1 aromatic carbocycles. The van der Waals surface area contributed by atoms with Crippen LogP contribution in [0.25, 0.3) is 0 Å². The third-order valence-electron chi connectivity index (χ3n) is 5.36. The summed E-state index contributed by atoms with van der Waals surface area (Å²) >= 11 is 0. The van der Waals surface area contributed by atoms with Crippen molar-refractivity contribution in [1.29, 1.82) is 0 Å². The van der Waals surface area contributed by atoms with Gasteiger partial charge in [0.1, 0.15) is 5.69 Å². The highest BCUT2D eigenvalue weighted by atomic mass is 16.6. The standard InChI is InChI=1S/C25H40N2O3/c1-3-4-5-6-7-8-9-10-11-12-13-14-15-16-17-21-24(28)26-23-20-18-19-22(2)25(23)27(29)30/h10-11,18-20H,3-9,12-17,21H2,1-2H3,(H,26,28)/b11-10+. The summed E-state index contributed by atoms with van der Waals surface area (Å²) in [4.78, 5) is 22.8. The van der Waals surface area contributed by atoms with Gasteiger partial charge in [-0.15, -0.1) is 0 Å². The largest absolute Gasteiger partial charge is 0.320 e. The molecule has 0 bridgehead atoms. The maximum atomic E-state index is 12.1. The van der Waals surface area contributed by atoms with Gasteiger partial charge in [-0.2, -0.15) is 0 Å². The molecular formula is C25H40N2O3. The molecule has 0 spiro atoms. The van der Waals surface area contributed by atoms with Gasteiger partial charge in [0.25, 0.3) is 5.69 Å². The van der Waals surface area contributed by atoms with Crippen molar-refractivity contribution >= 4 is 17.3 Å². The first kappa shape index (κ1) is 25.9. The van der Waals surface area contributed by atoms with Crippen molar-refractivity contribution in [3.05, 3.63) is 46.0 Å². The van der Waals surface area contributed by atoms with Crippen LogP contribution in [0, 0.1) is 17.0 Å². The van der Waals surface area contributed by atoms with E-state index in [4.69, 9.17) is 0 Å². The lowest BCUT2D eigenvalue weighted by atomic mass is 10.1.